The zero-order valence-electron chi connectivity index (χ0n) is 13.1. The lowest BCUT2D eigenvalue weighted by molar-refractivity contribution is -0.129. The molecule has 1 unspecified atom stereocenters. The second kappa shape index (κ2) is 6.39. The number of hydrogen-bond donors (Lipinski definition) is 1. The average molecular weight is 278 g/mol. The third-order valence-corrected chi connectivity index (χ3v) is 4.19. The van der Waals surface area contributed by atoms with Gasteiger partial charge in [-0.2, -0.15) is 5.10 Å². The zero-order valence-corrected chi connectivity index (χ0v) is 13.1. The molecule has 2 heterocycles. The van der Waals surface area contributed by atoms with E-state index in [9.17, 15) is 4.79 Å². The van der Waals surface area contributed by atoms with Crippen molar-refractivity contribution >= 4 is 5.91 Å². The topological polar surface area (TPSA) is 50.2 Å². The molecule has 0 aromatic carbocycles. The Morgan fingerprint density at radius 1 is 1.35 bits per heavy atom. The van der Waals surface area contributed by atoms with Gasteiger partial charge in [-0.25, -0.2) is 0 Å². The summed E-state index contributed by atoms with van der Waals surface area (Å²) in [6.45, 7) is 11.5. The van der Waals surface area contributed by atoms with Crippen molar-refractivity contribution < 1.29 is 4.79 Å². The highest BCUT2D eigenvalue weighted by Gasteiger charge is 2.20. The molecule has 1 aliphatic rings. The van der Waals surface area contributed by atoms with Crippen LogP contribution in [-0.2, 0) is 11.3 Å². The van der Waals surface area contributed by atoms with E-state index < -0.39 is 0 Å². The van der Waals surface area contributed by atoms with Crippen LogP contribution in [0.5, 0.6) is 0 Å². The average Bonchev–Trinajstić information content (AvgIpc) is 3.04. The zero-order chi connectivity index (χ0) is 14.7. The van der Waals surface area contributed by atoms with Gasteiger partial charge >= 0.3 is 0 Å². The van der Waals surface area contributed by atoms with Gasteiger partial charge in [0.15, 0.2) is 0 Å². The van der Waals surface area contributed by atoms with Gasteiger partial charge in [0.1, 0.15) is 0 Å². The third kappa shape index (κ3) is 3.03. The Balaban J connectivity index is 1.96. The summed E-state index contributed by atoms with van der Waals surface area (Å²) in [6.07, 6.45) is 2.28. The number of aromatic nitrogens is 2. The van der Waals surface area contributed by atoms with Crippen LogP contribution in [0.2, 0.25) is 0 Å². The Kier molecular flexibility index (Phi) is 4.81. The first-order chi connectivity index (χ1) is 9.54. The number of carbonyl (C=O) groups is 1. The largest absolute Gasteiger partial charge is 0.342 e. The van der Waals surface area contributed by atoms with Gasteiger partial charge in [0.05, 0.1) is 12.2 Å². The monoisotopic (exact) mass is 278 g/mol. The first-order valence-electron chi connectivity index (χ1n) is 7.59. The van der Waals surface area contributed by atoms with Crippen LogP contribution in [0, 0.1) is 13.8 Å². The van der Waals surface area contributed by atoms with Crippen LogP contribution in [-0.4, -0.2) is 40.2 Å². The highest BCUT2D eigenvalue weighted by molar-refractivity contribution is 5.78. The van der Waals surface area contributed by atoms with E-state index in [0.29, 0.717) is 6.54 Å². The summed E-state index contributed by atoms with van der Waals surface area (Å²) < 4.78 is 2.02. The molecular weight excluding hydrogens is 252 g/mol. The van der Waals surface area contributed by atoms with E-state index in [1.54, 1.807) is 0 Å². The van der Waals surface area contributed by atoms with E-state index in [1.165, 1.54) is 11.3 Å². The molecule has 0 spiro atoms. The lowest BCUT2D eigenvalue weighted by atomic mass is 10.1. The molecule has 1 atom stereocenters. The van der Waals surface area contributed by atoms with Crippen molar-refractivity contribution in [2.24, 2.45) is 0 Å². The summed E-state index contributed by atoms with van der Waals surface area (Å²) in [4.78, 5) is 14.0. The van der Waals surface area contributed by atoms with Gasteiger partial charge in [-0.05, 0) is 40.5 Å². The number of hydrogen-bond acceptors (Lipinski definition) is 3. The Hall–Kier alpha value is -1.36. The smallest absolute Gasteiger partial charge is 0.236 e. The van der Waals surface area contributed by atoms with Crippen LogP contribution in [0.15, 0.2) is 0 Å². The first kappa shape index (κ1) is 15.0. The van der Waals surface area contributed by atoms with E-state index >= 15 is 0 Å². The number of rotatable bonds is 5. The van der Waals surface area contributed by atoms with E-state index in [-0.39, 0.29) is 11.9 Å². The number of aryl methyl sites for hydroxylation is 2. The fourth-order valence-corrected chi connectivity index (χ4v) is 3.07. The molecular formula is C15H26N4O. The van der Waals surface area contributed by atoms with Crippen molar-refractivity contribution in [1.82, 2.24) is 20.0 Å². The predicted octanol–water partition coefficient (Wildman–Crippen LogP) is 1.79. The molecule has 0 radical (unpaired) electrons. The maximum atomic E-state index is 12.1. The molecule has 1 aromatic heterocycles. The quantitative estimate of drug-likeness (QED) is 0.893. The second-order valence-corrected chi connectivity index (χ2v) is 5.59. The molecule has 112 valence electrons. The molecule has 1 fully saturated rings. The molecule has 1 amide bonds. The van der Waals surface area contributed by atoms with Crippen LogP contribution in [0.1, 0.15) is 49.7 Å². The molecule has 1 aromatic rings. The van der Waals surface area contributed by atoms with E-state index in [4.69, 9.17) is 0 Å². The lowest BCUT2D eigenvalue weighted by Gasteiger charge is -2.19. The third-order valence-electron chi connectivity index (χ3n) is 4.19. The first-order valence-corrected chi connectivity index (χ1v) is 7.59. The summed E-state index contributed by atoms with van der Waals surface area (Å²) in [6, 6.07) is 0.154. The molecule has 1 saturated heterocycles. The predicted molar refractivity (Wildman–Crippen MR) is 79.6 cm³/mol. The Labute approximate surface area is 121 Å². The van der Waals surface area contributed by atoms with Crippen LogP contribution >= 0.6 is 0 Å². The molecule has 1 aliphatic heterocycles. The Morgan fingerprint density at radius 3 is 2.55 bits per heavy atom. The van der Waals surface area contributed by atoms with Crippen LogP contribution in [0.25, 0.3) is 0 Å². The van der Waals surface area contributed by atoms with E-state index in [1.807, 2.05) is 16.5 Å². The van der Waals surface area contributed by atoms with E-state index in [0.717, 1.165) is 38.2 Å². The molecule has 20 heavy (non-hydrogen) atoms. The highest BCUT2D eigenvalue weighted by Crippen LogP contribution is 2.21. The van der Waals surface area contributed by atoms with E-state index in [2.05, 4.69) is 31.2 Å². The summed E-state index contributed by atoms with van der Waals surface area (Å²) in [5.74, 6) is 0.215. The summed E-state index contributed by atoms with van der Waals surface area (Å²) >= 11 is 0. The molecule has 0 saturated carbocycles. The van der Waals surface area contributed by atoms with Crippen molar-refractivity contribution in [3.8, 4) is 0 Å². The maximum absolute atomic E-state index is 12.1. The van der Waals surface area contributed by atoms with Gasteiger partial charge in [0, 0.05) is 36.9 Å². The van der Waals surface area contributed by atoms with Gasteiger partial charge in [-0.15, -0.1) is 0 Å². The van der Waals surface area contributed by atoms with Crippen molar-refractivity contribution in [1.29, 1.82) is 0 Å². The summed E-state index contributed by atoms with van der Waals surface area (Å²) in [7, 11) is 0. The number of amides is 1. The van der Waals surface area contributed by atoms with Gasteiger partial charge in [0.2, 0.25) is 5.91 Å². The van der Waals surface area contributed by atoms with Crippen molar-refractivity contribution in [2.75, 3.05) is 19.6 Å². The summed E-state index contributed by atoms with van der Waals surface area (Å²) in [5.41, 5.74) is 3.47. The maximum Gasteiger partial charge on any atom is 0.236 e. The minimum Gasteiger partial charge on any atom is -0.342 e. The van der Waals surface area contributed by atoms with Crippen LogP contribution in [0.3, 0.4) is 0 Å². The van der Waals surface area contributed by atoms with Crippen molar-refractivity contribution in [3.63, 3.8) is 0 Å². The lowest BCUT2D eigenvalue weighted by Crippen LogP contribution is -2.37. The number of nitrogens with zero attached hydrogens (tertiary/aromatic N) is 3. The number of likely N-dealkylation sites (tertiary alicyclic amines) is 1. The highest BCUT2D eigenvalue weighted by atomic mass is 16.2. The van der Waals surface area contributed by atoms with Crippen molar-refractivity contribution in [2.45, 2.75) is 53.1 Å². The molecule has 0 bridgehead atoms. The van der Waals surface area contributed by atoms with Gasteiger partial charge < -0.3 is 10.2 Å². The standard InChI is InChI=1S/C15H26N4O/c1-5-19-13(4)15(12(3)17-19)11(2)16-10-14(20)18-8-6-7-9-18/h11,16H,5-10H2,1-4H3. The molecule has 2 rings (SSSR count). The van der Waals surface area contributed by atoms with Gasteiger partial charge in [-0.1, -0.05) is 0 Å². The van der Waals surface area contributed by atoms with Gasteiger partial charge in [0.25, 0.3) is 0 Å². The minimum atomic E-state index is 0.154. The molecule has 5 nitrogen and oxygen atoms in total. The molecule has 5 heteroatoms. The second-order valence-electron chi connectivity index (χ2n) is 5.59. The van der Waals surface area contributed by atoms with Crippen LogP contribution in [0.4, 0.5) is 0 Å². The van der Waals surface area contributed by atoms with Crippen molar-refractivity contribution in [3.05, 3.63) is 17.0 Å². The number of nitrogens with one attached hydrogen (secondary N) is 1. The fourth-order valence-electron chi connectivity index (χ4n) is 3.07. The molecule has 1 N–H and O–H groups in total. The minimum absolute atomic E-state index is 0.154. The summed E-state index contributed by atoms with van der Waals surface area (Å²) in [5, 5.41) is 7.89. The Morgan fingerprint density at radius 2 is 2.00 bits per heavy atom. The van der Waals surface area contributed by atoms with Gasteiger partial charge in [-0.3, -0.25) is 9.48 Å². The molecule has 0 aliphatic carbocycles. The van der Waals surface area contributed by atoms with Crippen LogP contribution < -0.4 is 5.32 Å². The fraction of sp³-hybridized carbons (Fsp3) is 0.733. The Bertz CT molecular complexity index is 474. The normalized spacial score (nSPS) is 16.7. The number of carbonyl (C=O) groups excluding carboxylic acids is 1. The SMILES string of the molecule is CCn1nc(C)c(C(C)NCC(=O)N2CCCC2)c1C.